The van der Waals surface area contributed by atoms with Gasteiger partial charge >= 0.3 is 11.7 Å². The number of carbonyl (C=O) groups is 1. The van der Waals surface area contributed by atoms with Gasteiger partial charge in [-0.15, -0.1) is 0 Å². The van der Waals surface area contributed by atoms with Gasteiger partial charge in [0.25, 0.3) is 5.56 Å². The Labute approximate surface area is 209 Å². The molecule has 1 N–H and O–H groups in total. The molecule has 2 aromatic rings. The molecule has 2 unspecified atom stereocenters. The van der Waals surface area contributed by atoms with Crippen LogP contribution in [0.25, 0.3) is 0 Å². The quantitative estimate of drug-likeness (QED) is 0.432. The number of nitrogens with zero attached hydrogens (tertiary/aromatic N) is 1. The van der Waals surface area contributed by atoms with E-state index in [-0.39, 0.29) is 19.3 Å². The molecule has 2 aliphatic rings. The smallest absolute Gasteiger partial charge is 0.330 e. The molecule has 36 heavy (non-hydrogen) atoms. The molecule has 1 spiro atoms. The summed E-state index contributed by atoms with van der Waals surface area (Å²) in [5, 5.41) is 0. The summed E-state index contributed by atoms with van der Waals surface area (Å²) in [6, 6.07) is 9.65. The third kappa shape index (κ3) is 5.04. The molecule has 4 rings (SSSR count). The summed E-state index contributed by atoms with van der Waals surface area (Å²) in [7, 11) is 1.55. The zero-order valence-electron chi connectivity index (χ0n) is 21.1. The van der Waals surface area contributed by atoms with Crippen molar-refractivity contribution in [3.05, 3.63) is 68.5 Å². The van der Waals surface area contributed by atoms with Gasteiger partial charge in [0.2, 0.25) is 0 Å². The number of aromatic amines is 1. The van der Waals surface area contributed by atoms with Crippen LogP contribution in [-0.4, -0.2) is 53.3 Å². The second-order valence-electron chi connectivity index (χ2n) is 9.53. The van der Waals surface area contributed by atoms with Gasteiger partial charge in [0.15, 0.2) is 12.3 Å². The van der Waals surface area contributed by atoms with Gasteiger partial charge in [-0.05, 0) is 31.2 Å². The molecular weight excluding hydrogens is 468 g/mol. The molecule has 0 bridgehead atoms. The van der Waals surface area contributed by atoms with Gasteiger partial charge < -0.3 is 23.7 Å². The molecule has 196 valence electrons. The predicted molar refractivity (Wildman–Crippen MR) is 129 cm³/mol. The van der Waals surface area contributed by atoms with Crippen LogP contribution in [0.1, 0.15) is 50.5 Å². The van der Waals surface area contributed by atoms with E-state index in [1.807, 2.05) is 30.3 Å². The summed E-state index contributed by atoms with van der Waals surface area (Å²) in [5.74, 6) is -0.595. The molecule has 1 aliphatic heterocycles. The highest BCUT2D eigenvalue weighted by Gasteiger charge is 2.65. The molecule has 2 fully saturated rings. The van der Waals surface area contributed by atoms with Crippen molar-refractivity contribution in [1.82, 2.24) is 9.55 Å². The predicted octanol–water partition coefficient (Wildman–Crippen LogP) is 2.44. The van der Waals surface area contributed by atoms with Gasteiger partial charge in [-0.3, -0.25) is 19.1 Å². The molecule has 6 atom stereocenters. The second kappa shape index (κ2) is 11.1. The Bertz CT molecular complexity index is 1160. The summed E-state index contributed by atoms with van der Waals surface area (Å²) in [6.07, 6.45) is 0.637. The Balaban J connectivity index is 1.83. The fourth-order valence-electron chi connectivity index (χ4n) is 5.43. The minimum Gasteiger partial charge on any atom is -0.455 e. The Morgan fingerprint density at radius 3 is 2.64 bits per heavy atom. The normalized spacial score (nSPS) is 29.9. The first-order valence-corrected chi connectivity index (χ1v) is 12.2. The van der Waals surface area contributed by atoms with E-state index in [0.29, 0.717) is 12.0 Å². The van der Waals surface area contributed by atoms with Crippen LogP contribution in [0.5, 0.6) is 0 Å². The standard InChI is InChI=1S/C26H34N2O8/c1-16-13-28(25(31)27-23(16)30)24-21(35-18(3)29)22(33-14-19-10-6-5-7-11-19)26(36-24)17(2)9-8-12-20(26)34-15-32-4/h5-7,10-11,13,17,20-22,24H,8-9,12,14-15H2,1-4H3,(H,27,30,31)/t17?,20-,21+,22+,24+,26?/m0/s1. The number of methoxy groups -OCH3 is 1. The van der Waals surface area contributed by atoms with E-state index in [9.17, 15) is 14.4 Å². The average molecular weight is 503 g/mol. The molecule has 1 aromatic heterocycles. The highest BCUT2D eigenvalue weighted by Crippen LogP contribution is 2.52. The van der Waals surface area contributed by atoms with Crippen LogP contribution in [0.2, 0.25) is 0 Å². The molecule has 1 aromatic carbocycles. The average Bonchev–Trinajstić information content (AvgIpc) is 3.15. The van der Waals surface area contributed by atoms with Gasteiger partial charge in [-0.2, -0.15) is 0 Å². The molecule has 1 aliphatic carbocycles. The number of hydrogen-bond donors (Lipinski definition) is 1. The monoisotopic (exact) mass is 502 g/mol. The van der Waals surface area contributed by atoms with Gasteiger partial charge in [0.05, 0.1) is 12.7 Å². The summed E-state index contributed by atoms with van der Waals surface area (Å²) in [5.41, 5.74) is -0.930. The van der Waals surface area contributed by atoms with Crippen molar-refractivity contribution in [2.45, 2.75) is 76.8 Å². The summed E-state index contributed by atoms with van der Waals surface area (Å²) in [4.78, 5) is 39.5. The lowest BCUT2D eigenvalue weighted by molar-refractivity contribution is -0.243. The van der Waals surface area contributed by atoms with Crippen molar-refractivity contribution in [2.75, 3.05) is 13.9 Å². The van der Waals surface area contributed by atoms with Crippen molar-refractivity contribution in [1.29, 1.82) is 0 Å². The highest BCUT2D eigenvalue weighted by atomic mass is 16.7. The van der Waals surface area contributed by atoms with Gasteiger partial charge in [-0.1, -0.05) is 43.7 Å². The van der Waals surface area contributed by atoms with Crippen molar-refractivity contribution in [2.24, 2.45) is 5.92 Å². The summed E-state index contributed by atoms with van der Waals surface area (Å²) in [6.45, 7) is 5.24. The van der Waals surface area contributed by atoms with Gasteiger partial charge in [-0.25, -0.2) is 4.79 Å². The van der Waals surface area contributed by atoms with Crippen LogP contribution < -0.4 is 11.2 Å². The number of hydrogen-bond acceptors (Lipinski definition) is 8. The molecular formula is C26H34N2O8. The van der Waals surface area contributed by atoms with Gasteiger partial charge in [0.1, 0.15) is 18.5 Å². The lowest BCUT2D eigenvalue weighted by atomic mass is 9.70. The van der Waals surface area contributed by atoms with E-state index >= 15 is 0 Å². The van der Waals surface area contributed by atoms with Crippen molar-refractivity contribution >= 4 is 5.97 Å². The first-order valence-electron chi connectivity index (χ1n) is 12.2. The Hall–Kier alpha value is -2.79. The summed E-state index contributed by atoms with van der Waals surface area (Å²) < 4.78 is 31.7. The third-order valence-electron chi connectivity index (χ3n) is 7.11. The maximum absolute atomic E-state index is 12.9. The van der Waals surface area contributed by atoms with Crippen LogP contribution in [0, 0.1) is 12.8 Å². The van der Waals surface area contributed by atoms with E-state index in [1.54, 1.807) is 14.0 Å². The topological polar surface area (TPSA) is 118 Å². The molecule has 10 heteroatoms. The van der Waals surface area contributed by atoms with Crippen LogP contribution in [-0.2, 0) is 35.1 Å². The number of nitrogens with one attached hydrogen (secondary N) is 1. The molecule has 2 heterocycles. The molecule has 0 amide bonds. The zero-order valence-corrected chi connectivity index (χ0v) is 21.1. The van der Waals surface area contributed by atoms with E-state index < -0.39 is 47.4 Å². The van der Waals surface area contributed by atoms with Gasteiger partial charge in [0, 0.05) is 25.8 Å². The van der Waals surface area contributed by atoms with Crippen LogP contribution in [0.3, 0.4) is 0 Å². The fourth-order valence-corrected chi connectivity index (χ4v) is 5.43. The highest BCUT2D eigenvalue weighted by molar-refractivity contribution is 5.66. The minimum absolute atomic E-state index is 0.0501. The number of benzene rings is 1. The summed E-state index contributed by atoms with van der Waals surface area (Å²) >= 11 is 0. The largest absolute Gasteiger partial charge is 0.455 e. The number of carbonyl (C=O) groups excluding carboxylic acids is 1. The third-order valence-corrected chi connectivity index (χ3v) is 7.11. The Kier molecular flexibility index (Phi) is 8.09. The maximum Gasteiger partial charge on any atom is 0.330 e. The number of H-pyrrole nitrogens is 1. The number of esters is 1. The van der Waals surface area contributed by atoms with Crippen LogP contribution in [0.15, 0.2) is 46.1 Å². The van der Waals surface area contributed by atoms with Crippen molar-refractivity contribution in [3.63, 3.8) is 0 Å². The van der Waals surface area contributed by atoms with E-state index in [0.717, 1.165) is 18.4 Å². The molecule has 0 radical (unpaired) electrons. The lowest BCUT2D eigenvalue weighted by Crippen LogP contribution is -2.60. The molecule has 10 nitrogen and oxygen atoms in total. The lowest BCUT2D eigenvalue weighted by Gasteiger charge is -2.47. The Morgan fingerprint density at radius 2 is 1.94 bits per heavy atom. The second-order valence-corrected chi connectivity index (χ2v) is 9.53. The van der Waals surface area contributed by atoms with E-state index in [4.69, 9.17) is 23.7 Å². The zero-order chi connectivity index (χ0) is 25.9. The van der Waals surface area contributed by atoms with E-state index in [2.05, 4.69) is 11.9 Å². The minimum atomic E-state index is -1.04. The number of aryl methyl sites for hydroxylation is 1. The SMILES string of the molecule is COCO[C@H]1CCCC(C)C12O[C@@H](n1cc(C)c(=O)[nH]c1=O)[C@H](OC(C)=O)[C@H]2OCc1ccccc1. The molecule has 1 saturated carbocycles. The fraction of sp³-hybridized carbons (Fsp3) is 0.577. The van der Waals surface area contributed by atoms with Crippen LogP contribution >= 0.6 is 0 Å². The van der Waals surface area contributed by atoms with Crippen molar-refractivity contribution < 1.29 is 28.5 Å². The number of aromatic nitrogens is 2. The Morgan fingerprint density at radius 1 is 1.19 bits per heavy atom. The first-order chi connectivity index (χ1) is 17.3. The number of ether oxygens (including phenoxy) is 5. The van der Waals surface area contributed by atoms with Crippen LogP contribution in [0.4, 0.5) is 0 Å². The maximum atomic E-state index is 12.9. The molecule has 1 saturated heterocycles. The first kappa shape index (κ1) is 26.3. The van der Waals surface area contributed by atoms with Crippen molar-refractivity contribution in [3.8, 4) is 0 Å². The number of rotatable bonds is 8. The van der Waals surface area contributed by atoms with E-state index in [1.165, 1.54) is 17.7 Å².